The van der Waals surface area contributed by atoms with E-state index in [-0.39, 0.29) is 17.9 Å². The number of ether oxygens (including phenoxy) is 1. The summed E-state index contributed by atoms with van der Waals surface area (Å²) in [5, 5.41) is 5.61. The molecule has 3 rings (SSSR count). The van der Waals surface area contributed by atoms with Gasteiger partial charge in [-0.2, -0.15) is 13.2 Å². The standard InChI is InChI=1S/C26H30F3N3O3/c1-18(30-24(33)11-8-19-6-9-23(35-2)10-7-19)25(34)31-22-12-14-32(15-13-22)17-20-4-3-5-21(16-20)26(27,28)29/h3-11,16,18,22H,12-15,17H2,1-2H3,(H,30,33)(H,31,34)/b11-8+. The lowest BCUT2D eigenvalue weighted by molar-refractivity contribution is -0.137. The van der Waals surface area contributed by atoms with E-state index in [1.807, 2.05) is 12.1 Å². The average Bonchev–Trinajstić information content (AvgIpc) is 2.84. The van der Waals surface area contributed by atoms with Gasteiger partial charge in [0, 0.05) is 31.8 Å². The van der Waals surface area contributed by atoms with Crippen LogP contribution in [0.15, 0.2) is 54.6 Å². The van der Waals surface area contributed by atoms with Gasteiger partial charge in [0.25, 0.3) is 0 Å². The monoisotopic (exact) mass is 489 g/mol. The summed E-state index contributed by atoms with van der Waals surface area (Å²) >= 11 is 0. The molecule has 0 saturated carbocycles. The lowest BCUT2D eigenvalue weighted by atomic mass is 10.0. The number of likely N-dealkylation sites (tertiary alicyclic amines) is 1. The van der Waals surface area contributed by atoms with Crippen molar-refractivity contribution in [1.82, 2.24) is 15.5 Å². The SMILES string of the molecule is COc1ccc(/C=C/C(=O)NC(C)C(=O)NC2CCN(Cc3cccc(C(F)(F)F)c3)CC2)cc1. The van der Waals surface area contributed by atoms with E-state index in [1.54, 1.807) is 38.3 Å². The summed E-state index contributed by atoms with van der Waals surface area (Å²) < 4.78 is 43.9. The Balaban J connectivity index is 1.41. The van der Waals surface area contributed by atoms with E-state index in [1.165, 1.54) is 18.2 Å². The molecule has 1 unspecified atom stereocenters. The van der Waals surface area contributed by atoms with Crippen LogP contribution in [-0.4, -0.2) is 49.0 Å². The number of benzene rings is 2. The second-order valence-electron chi connectivity index (χ2n) is 8.59. The van der Waals surface area contributed by atoms with E-state index in [0.29, 0.717) is 38.0 Å². The summed E-state index contributed by atoms with van der Waals surface area (Å²) in [7, 11) is 1.58. The number of nitrogens with one attached hydrogen (secondary N) is 2. The largest absolute Gasteiger partial charge is 0.497 e. The van der Waals surface area contributed by atoms with Gasteiger partial charge in [-0.15, -0.1) is 0 Å². The Morgan fingerprint density at radius 2 is 1.83 bits per heavy atom. The van der Waals surface area contributed by atoms with Crippen molar-refractivity contribution >= 4 is 17.9 Å². The van der Waals surface area contributed by atoms with Crippen LogP contribution >= 0.6 is 0 Å². The fourth-order valence-electron chi connectivity index (χ4n) is 3.88. The van der Waals surface area contributed by atoms with Crippen molar-refractivity contribution in [2.45, 2.75) is 44.6 Å². The molecule has 0 spiro atoms. The summed E-state index contributed by atoms with van der Waals surface area (Å²) in [5.74, 6) is 0.0743. The minimum absolute atomic E-state index is 0.0468. The van der Waals surface area contributed by atoms with Crippen molar-refractivity contribution in [3.63, 3.8) is 0 Å². The third-order valence-electron chi connectivity index (χ3n) is 5.89. The summed E-state index contributed by atoms with van der Waals surface area (Å²) in [6.45, 7) is 3.37. The zero-order valence-electron chi connectivity index (χ0n) is 19.8. The maximum atomic E-state index is 12.9. The first-order valence-electron chi connectivity index (χ1n) is 11.5. The smallest absolute Gasteiger partial charge is 0.416 e. The normalized spacial score (nSPS) is 16.1. The Morgan fingerprint density at radius 3 is 2.46 bits per heavy atom. The maximum Gasteiger partial charge on any atom is 0.416 e. The minimum Gasteiger partial charge on any atom is -0.497 e. The Morgan fingerprint density at radius 1 is 1.14 bits per heavy atom. The Labute approximate surface area is 203 Å². The molecule has 2 N–H and O–H groups in total. The van der Waals surface area contributed by atoms with Crippen LogP contribution in [0, 0.1) is 0 Å². The van der Waals surface area contributed by atoms with Crippen LogP contribution < -0.4 is 15.4 Å². The molecular formula is C26H30F3N3O3. The van der Waals surface area contributed by atoms with E-state index in [4.69, 9.17) is 4.74 Å². The first-order valence-corrected chi connectivity index (χ1v) is 11.5. The predicted molar refractivity (Wildman–Crippen MR) is 128 cm³/mol. The molecule has 1 aliphatic rings. The lowest BCUT2D eigenvalue weighted by Crippen LogP contribution is -2.50. The third-order valence-corrected chi connectivity index (χ3v) is 5.89. The molecule has 188 valence electrons. The Bertz CT molecular complexity index is 1030. The van der Waals surface area contributed by atoms with Gasteiger partial charge in [0.05, 0.1) is 12.7 Å². The number of hydrogen-bond donors (Lipinski definition) is 2. The minimum atomic E-state index is -4.36. The number of hydrogen-bond acceptors (Lipinski definition) is 4. The lowest BCUT2D eigenvalue weighted by Gasteiger charge is -2.33. The van der Waals surface area contributed by atoms with Gasteiger partial charge in [-0.3, -0.25) is 14.5 Å². The highest BCUT2D eigenvalue weighted by Crippen LogP contribution is 2.30. The molecule has 2 aromatic carbocycles. The number of nitrogens with zero attached hydrogens (tertiary/aromatic N) is 1. The van der Waals surface area contributed by atoms with Gasteiger partial charge in [-0.05, 0) is 55.2 Å². The molecule has 2 amide bonds. The van der Waals surface area contributed by atoms with E-state index in [0.717, 1.165) is 17.4 Å². The number of rotatable bonds is 8. The first-order chi connectivity index (χ1) is 16.6. The molecule has 0 radical (unpaired) electrons. The number of alkyl halides is 3. The summed E-state index contributed by atoms with van der Waals surface area (Å²) in [5.41, 5.74) is 0.795. The van der Waals surface area contributed by atoms with Crippen molar-refractivity contribution in [3.05, 3.63) is 71.3 Å². The van der Waals surface area contributed by atoms with Gasteiger partial charge in [-0.1, -0.05) is 30.3 Å². The second-order valence-corrected chi connectivity index (χ2v) is 8.59. The maximum absolute atomic E-state index is 12.9. The molecule has 1 aliphatic heterocycles. The number of carbonyl (C=O) groups is 2. The van der Waals surface area contributed by atoms with Gasteiger partial charge < -0.3 is 15.4 Å². The molecule has 1 heterocycles. The van der Waals surface area contributed by atoms with Crippen molar-refractivity contribution in [1.29, 1.82) is 0 Å². The van der Waals surface area contributed by atoms with Crippen molar-refractivity contribution in [2.24, 2.45) is 0 Å². The second kappa shape index (κ2) is 11.9. The molecule has 1 saturated heterocycles. The highest BCUT2D eigenvalue weighted by atomic mass is 19.4. The van der Waals surface area contributed by atoms with Crippen molar-refractivity contribution < 1.29 is 27.5 Å². The fraction of sp³-hybridized carbons (Fsp3) is 0.385. The predicted octanol–water partition coefficient (Wildman–Crippen LogP) is 4.01. The molecular weight excluding hydrogens is 459 g/mol. The highest BCUT2D eigenvalue weighted by Gasteiger charge is 2.30. The molecule has 0 aromatic heterocycles. The van der Waals surface area contributed by atoms with Crippen molar-refractivity contribution in [2.75, 3.05) is 20.2 Å². The number of halogens is 3. The summed E-state index contributed by atoms with van der Waals surface area (Å²) in [4.78, 5) is 26.8. The first kappa shape index (κ1) is 26.3. The molecule has 9 heteroatoms. The van der Waals surface area contributed by atoms with Gasteiger partial charge in [0.2, 0.25) is 11.8 Å². The molecule has 35 heavy (non-hydrogen) atoms. The molecule has 2 aromatic rings. The fourth-order valence-corrected chi connectivity index (χ4v) is 3.88. The molecule has 1 fully saturated rings. The van der Waals surface area contributed by atoms with Crippen molar-refractivity contribution in [3.8, 4) is 5.75 Å². The topological polar surface area (TPSA) is 70.7 Å². The van der Waals surface area contributed by atoms with Gasteiger partial charge >= 0.3 is 6.18 Å². The highest BCUT2D eigenvalue weighted by molar-refractivity contribution is 5.95. The summed E-state index contributed by atoms with van der Waals surface area (Å²) in [6, 6.07) is 11.8. The number of carbonyl (C=O) groups excluding carboxylic acids is 2. The van der Waals surface area contributed by atoms with Gasteiger partial charge in [-0.25, -0.2) is 0 Å². The van der Waals surface area contributed by atoms with Crippen LogP contribution in [0.4, 0.5) is 13.2 Å². The molecule has 0 bridgehead atoms. The van der Waals surface area contributed by atoms with Crippen LogP contribution in [0.1, 0.15) is 36.5 Å². The Kier molecular flexibility index (Phi) is 8.92. The molecule has 6 nitrogen and oxygen atoms in total. The third kappa shape index (κ3) is 8.13. The van der Waals surface area contributed by atoms with Crippen LogP contribution in [0.5, 0.6) is 5.75 Å². The number of piperidine rings is 1. The van der Waals surface area contributed by atoms with Gasteiger partial charge in [0.1, 0.15) is 11.8 Å². The Hall–Kier alpha value is -3.33. The summed E-state index contributed by atoms with van der Waals surface area (Å²) in [6.07, 6.45) is 0.0354. The van der Waals surface area contributed by atoms with E-state index >= 15 is 0 Å². The average molecular weight is 490 g/mol. The van der Waals surface area contributed by atoms with Gasteiger partial charge in [0.15, 0.2) is 0 Å². The zero-order chi connectivity index (χ0) is 25.4. The number of amides is 2. The zero-order valence-corrected chi connectivity index (χ0v) is 19.8. The van der Waals surface area contributed by atoms with Crippen LogP contribution in [0.2, 0.25) is 0 Å². The number of methoxy groups -OCH3 is 1. The van der Waals surface area contributed by atoms with E-state index in [2.05, 4.69) is 15.5 Å². The molecule has 0 aliphatic carbocycles. The van der Waals surface area contributed by atoms with E-state index in [9.17, 15) is 22.8 Å². The molecule has 1 atom stereocenters. The van der Waals surface area contributed by atoms with Crippen LogP contribution in [0.3, 0.4) is 0 Å². The quantitative estimate of drug-likeness (QED) is 0.550. The van der Waals surface area contributed by atoms with Crippen LogP contribution in [0.25, 0.3) is 6.08 Å². The van der Waals surface area contributed by atoms with Crippen LogP contribution in [-0.2, 0) is 22.3 Å². The van der Waals surface area contributed by atoms with E-state index < -0.39 is 17.8 Å².